The fraction of sp³-hybridized carbons (Fsp3) is 1.00. The molecule has 3 aliphatic rings. The van der Waals surface area contributed by atoms with E-state index in [9.17, 15) is 0 Å². The van der Waals surface area contributed by atoms with Crippen molar-refractivity contribution in [3.05, 3.63) is 0 Å². The third-order valence-corrected chi connectivity index (χ3v) is 5.60. The van der Waals surface area contributed by atoms with Gasteiger partial charge in [0.1, 0.15) is 0 Å². The molecule has 3 fully saturated rings. The average Bonchev–Trinajstić information content (AvgIpc) is 2.63. The van der Waals surface area contributed by atoms with E-state index in [0.717, 1.165) is 18.1 Å². The SMILES string of the molecule is CC(C)N1CCCC(N2CCN(C3CNC3)CC2)CC1. The van der Waals surface area contributed by atoms with Crippen molar-refractivity contribution in [3.63, 3.8) is 0 Å². The molecule has 20 heavy (non-hydrogen) atoms. The molecule has 3 saturated heterocycles. The minimum atomic E-state index is 0.719. The summed E-state index contributed by atoms with van der Waals surface area (Å²) in [5.41, 5.74) is 0. The van der Waals surface area contributed by atoms with Crippen molar-refractivity contribution in [1.82, 2.24) is 20.0 Å². The molecule has 1 unspecified atom stereocenters. The fourth-order valence-corrected chi connectivity index (χ4v) is 3.98. The smallest absolute Gasteiger partial charge is 0.0346 e. The van der Waals surface area contributed by atoms with Crippen molar-refractivity contribution in [2.24, 2.45) is 0 Å². The van der Waals surface area contributed by atoms with Crippen LogP contribution in [-0.4, -0.2) is 85.2 Å². The molecule has 0 aromatic carbocycles. The second kappa shape index (κ2) is 6.73. The molecule has 4 heteroatoms. The van der Waals surface area contributed by atoms with Crippen LogP contribution in [0.15, 0.2) is 0 Å². The van der Waals surface area contributed by atoms with E-state index in [-0.39, 0.29) is 0 Å². The molecule has 3 heterocycles. The topological polar surface area (TPSA) is 21.8 Å². The number of piperazine rings is 1. The summed E-state index contributed by atoms with van der Waals surface area (Å²) in [7, 11) is 0. The highest BCUT2D eigenvalue weighted by atomic mass is 15.3. The Kier molecular flexibility index (Phi) is 4.97. The molecule has 116 valence electrons. The highest BCUT2D eigenvalue weighted by Gasteiger charge is 2.30. The van der Waals surface area contributed by atoms with Gasteiger partial charge in [-0.05, 0) is 46.2 Å². The van der Waals surface area contributed by atoms with Crippen LogP contribution in [0.2, 0.25) is 0 Å². The van der Waals surface area contributed by atoms with Gasteiger partial charge in [-0.1, -0.05) is 0 Å². The molecule has 0 aromatic rings. The summed E-state index contributed by atoms with van der Waals surface area (Å²) < 4.78 is 0. The minimum absolute atomic E-state index is 0.719. The Morgan fingerprint density at radius 1 is 0.800 bits per heavy atom. The van der Waals surface area contributed by atoms with Gasteiger partial charge in [-0.3, -0.25) is 9.80 Å². The van der Waals surface area contributed by atoms with Crippen molar-refractivity contribution in [3.8, 4) is 0 Å². The van der Waals surface area contributed by atoms with Crippen LogP contribution in [0.1, 0.15) is 33.1 Å². The number of nitrogens with zero attached hydrogens (tertiary/aromatic N) is 3. The summed E-state index contributed by atoms with van der Waals surface area (Å²) in [5, 5.41) is 3.40. The molecular formula is C16H32N4. The molecule has 4 nitrogen and oxygen atoms in total. The Labute approximate surface area is 124 Å². The summed E-state index contributed by atoms with van der Waals surface area (Å²) in [5.74, 6) is 0. The van der Waals surface area contributed by atoms with Gasteiger partial charge in [0, 0.05) is 57.4 Å². The quantitative estimate of drug-likeness (QED) is 0.827. The summed E-state index contributed by atoms with van der Waals surface area (Å²) in [6.45, 7) is 14.9. The number of nitrogens with one attached hydrogen (secondary N) is 1. The van der Waals surface area contributed by atoms with Gasteiger partial charge in [0.05, 0.1) is 0 Å². The lowest BCUT2D eigenvalue weighted by Gasteiger charge is -2.45. The van der Waals surface area contributed by atoms with Gasteiger partial charge in [-0.2, -0.15) is 0 Å². The lowest BCUT2D eigenvalue weighted by Crippen LogP contribution is -2.62. The summed E-state index contributed by atoms with van der Waals surface area (Å²) in [4.78, 5) is 8.15. The van der Waals surface area contributed by atoms with Crippen molar-refractivity contribution in [1.29, 1.82) is 0 Å². The van der Waals surface area contributed by atoms with Gasteiger partial charge < -0.3 is 10.2 Å². The predicted molar refractivity (Wildman–Crippen MR) is 84.2 cm³/mol. The summed E-state index contributed by atoms with van der Waals surface area (Å²) in [6.07, 6.45) is 4.17. The normalized spacial score (nSPS) is 32.2. The molecule has 1 atom stereocenters. The Balaban J connectivity index is 1.45. The number of likely N-dealkylation sites (tertiary alicyclic amines) is 1. The first-order chi connectivity index (χ1) is 9.74. The maximum Gasteiger partial charge on any atom is 0.0346 e. The first-order valence-electron chi connectivity index (χ1n) is 8.67. The first kappa shape index (κ1) is 14.8. The van der Waals surface area contributed by atoms with Crippen molar-refractivity contribution < 1.29 is 0 Å². The minimum Gasteiger partial charge on any atom is -0.314 e. The van der Waals surface area contributed by atoms with Gasteiger partial charge in [-0.25, -0.2) is 0 Å². The molecule has 0 aliphatic carbocycles. The van der Waals surface area contributed by atoms with E-state index in [1.165, 1.54) is 71.6 Å². The second-order valence-corrected chi connectivity index (χ2v) is 7.10. The van der Waals surface area contributed by atoms with Crippen LogP contribution in [0.3, 0.4) is 0 Å². The van der Waals surface area contributed by atoms with E-state index in [0.29, 0.717) is 0 Å². The van der Waals surface area contributed by atoms with Crippen LogP contribution in [0.4, 0.5) is 0 Å². The Morgan fingerprint density at radius 2 is 1.45 bits per heavy atom. The van der Waals surface area contributed by atoms with Gasteiger partial charge in [0.15, 0.2) is 0 Å². The van der Waals surface area contributed by atoms with E-state index in [2.05, 4.69) is 33.9 Å². The zero-order valence-electron chi connectivity index (χ0n) is 13.4. The van der Waals surface area contributed by atoms with Crippen LogP contribution in [0.5, 0.6) is 0 Å². The van der Waals surface area contributed by atoms with Gasteiger partial charge in [-0.15, -0.1) is 0 Å². The van der Waals surface area contributed by atoms with Gasteiger partial charge in [0.25, 0.3) is 0 Å². The van der Waals surface area contributed by atoms with Crippen LogP contribution >= 0.6 is 0 Å². The molecule has 0 saturated carbocycles. The highest BCUT2D eigenvalue weighted by Crippen LogP contribution is 2.20. The monoisotopic (exact) mass is 280 g/mol. The van der Waals surface area contributed by atoms with E-state index >= 15 is 0 Å². The maximum absolute atomic E-state index is 3.40. The third kappa shape index (κ3) is 3.35. The molecular weight excluding hydrogens is 248 g/mol. The second-order valence-electron chi connectivity index (χ2n) is 7.10. The lowest BCUT2D eigenvalue weighted by molar-refractivity contribution is 0.0476. The van der Waals surface area contributed by atoms with E-state index in [1.807, 2.05) is 0 Å². The Bertz CT molecular complexity index is 295. The van der Waals surface area contributed by atoms with E-state index in [4.69, 9.17) is 0 Å². The summed E-state index contributed by atoms with van der Waals surface area (Å²) >= 11 is 0. The number of hydrogen-bond acceptors (Lipinski definition) is 4. The van der Waals surface area contributed by atoms with Crippen LogP contribution in [0.25, 0.3) is 0 Å². The van der Waals surface area contributed by atoms with Gasteiger partial charge in [0.2, 0.25) is 0 Å². The molecule has 3 aliphatic heterocycles. The fourth-order valence-electron chi connectivity index (χ4n) is 3.98. The van der Waals surface area contributed by atoms with Gasteiger partial charge >= 0.3 is 0 Å². The van der Waals surface area contributed by atoms with E-state index < -0.39 is 0 Å². The summed E-state index contributed by atoms with van der Waals surface area (Å²) in [6, 6.07) is 2.40. The zero-order chi connectivity index (χ0) is 13.9. The molecule has 0 radical (unpaired) electrons. The van der Waals surface area contributed by atoms with Crippen molar-refractivity contribution in [2.45, 2.75) is 51.2 Å². The zero-order valence-corrected chi connectivity index (χ0v) is 13.4. The van der Waals surface area contributed by atoms with E-state index in [1.54, 1.807) is 0 Å². The van der Waals surface area contributed by atoms with Crippen LogP contribution in [0, 0.1) is 0 Å². The molecule has 0 aromatic heterocycles. The molecule has 0 amide bonds. The maximum atomic E-state index is 3.40. The molecule has 1 N–H and O–H groups in total. The Hall–Kier alpha value is -0.160. The van der Waals surface area contributed by atoms with Crippen LogP contribution in [-0.2, 0) is 0 Å². The third-order valence-electron chi connectivity index (χ3n) is 5.60. The highest BCUT2D eigenvalue weighted by molar-refractivity contribution is 4.89. The number of hydrogen-bond donors (Lipinski definition) is 1. The van der Waals surface area contributed by atoms with Crippen molar-refractivity contribution >= 4 is 0 Å². The Morgan fingerprint density at radius 3 is 2.00 bits per heavy atom. The first-order valence-corrected chi connectivity index (χ1v) is 8.67. The molecule has 3 rings (SSSR count). The van der Waals surface area contributed by atoms with Crippen molar-refractivity contribution in [2.75, 3.05) is 52.4 Å². The number of rotatable bonds is 3. The average molecular weight is 280 g/mol. The largest absolute Gasteiger partial charge is 0.314 e. The predicted octanol–water partition coefficient (Wildman–Crippen LogP) is 0.839. The molecule has 0 bridgehead atoms. The lowest BCUT2D eigenvalue weighted by atomic mass is 10.0. The van der Waals surface area contributed by atoms with Crippen LogP contribution < -0.4 is 5.32 Å². The standard InChI is InChI=1S/C16H32N4/c1-14(2)18-6-3-4-15(5-7-18)19-8-10-20(11-9-19)16-12-17-13-16/h14-17H,3-13H2,1-2H3. The molecule has 0 spiro atoms.